The first kappa shape index (κ1) is 18.2. The molecule has 1 aliphatic heterocycles. The highest BCUT2D eigenvalue weighted by atomic mass is 19.1. The van der Waals surface area contributed by atoms with Gasteiger partial charge in [0.1, 0.15) is 5.60 Å². The maximum atomic E-state index is 12.9. The normalized spacial score (nSPS) is 15.1. The van der Waals surface area contributed by atoms with Crippen LogP contribution in [0.2, 0.25) is 0 Å². The monoisotopic (exact) mass is 357 g/mol. The summed E-state index contributed by atoms with van der Waals surface area (Å²) in [6.07, 6.45) is 1.28. The molecule has 1 saturated heterocycles. The lowest BCUT2D eigenvalue weighted by Crippen LogP contribution is -2.50. The smallest absolute Gasteiger partial charge is 0.410 e. The highest BCUT2D eigenvalue weighted by Crippen LogP contribution is 2.24. The van der Waals surface area contributed by atoms with Crippen LogP contribution in [0.5, 0.6) is 0 Å². The Morgan fingerprint density at radius 1 is 1.00 bits per heavy atom. The third kappa shape index (κ3) is 4.50. The molecule has 0 saturated carbocycles. The van der Waals surface area contributed by atoms with Gasteiger partial charge >= 0.3 is 6.09 Å². The Kier molecular flexibility index (Phi) is 5.11. The van der Waals surface area contributed by atoms with Crippen LogP contribution in [0.3, 0.4) is 0 Å². The number of carbonyl (C=O) groups excluding carboxylic acids is 1. The largest absolute Gasteiger partial charge is 0.444 e. The van der Waals surface area contributed by atoms with E-state index in [1.165, 1.54) is 12.3 Å². The van der Waals surface area contributed by atoms with E-state index in [0.717, 1.165) is 29.9 Å². The van der Waals surface area contributed by atoms with Crippen molar-refractivity contribution in [3.05, 3.63) is 48.5 Å². The SMILES string of the molecule is CC(C)(C)OC(=O)N1CCN(c2ccc(-c3ccc(F)nc3)cc2)CC1. The number of anilines is 1. The van der Waals surface area contributed by atoms with Gasteiger partial charge in [0.05, 0.1) is 0 Å². The second-order valence-corrected chi connectivity index (χ2v) is 7.37. The Labute approximate surface area is 153 Å². The number of rotatable bonds is 2. The molecule has 1 aromatic carbocycles. The van der Waals surface area contributed by atoms with Crippen LogP contribution >= 0.6 is 0 Å². The molecule has 3 rings (SSSR count). The van der Waals surface area contributed by atoms with Gasteiger partial charge in [-0.3, -0.25) is 0 Å². The van der Waals surface area contributed by atoms with E-state index in [2.05, 4.69) is 9.88 Å². The van der Waals surface area contributed by atoms with Crippen LogP contribution in [0.15, 0.2) is 42.6 Å². The number of halogens is 1. The van der Waals surface area contributed by atoms with Crippen molar-refractivity contribution in [3.8, 4) is 11.1 Å². The summed E-state index contributed by atoms with van der Waals surface area (Å²) in [6.45, 7) is 8.42. The lowest BCUT2D eigenvalue weighted by atomic mass is 10.1. The quantitative estimate of drug-likeness (QED) is 0.764. The highest BCUT2D eigenvalue weighted by molar-refractivity contribution is 5.69. The number of ether oxygens (including phenoxy) is 1. The summed E-state index contributed by atoms with van der Waals surface area (Å²) in [5.41, 5.74) is 2.51. The molecule has 0 unspecified atom stereocenters. The molecule has 1 aromatic heterocycles. The highest BCUT2D eigenvalue weighted by Gasteiger charge is 2.25. The molecule has 6 heteroatoms. The summed E-state index contributed by atoms with van der Waals surface area (Å²) in [7, 11) is 0. The molecule has 2 heterocycles. The number of amides is 1. The number of hydrogen-bond acceptors (Lipinski definition) is 4. The van der Waals surface area contributed by atoms with Gasteiger partial charge in [0.25, 0.3) is 0 Å². The standard InChI is InChI=1S/C20H24FN3O2/c1-20(2,3)26-19(25)24-12-10-23(11-13-24)17-7-4-15(5-8-17)16-6-9-18(21)22-14-16/h4-9,14H,10-13H2,1-3H3. The van der Waals surface area contributed by atoms with E-state index in [-0.39, 0.29) is 6.09 Å². The zero-order valence-electron chi connectivity index (χ0n) is 15.4. The summed E-state index contributed by atoms with van der Waals surface area (Å²) < 4.78 is 18.4. The van der Waals surface area contributed by atoms with E-state index in [0.29, 0.717) is 13.1 Å². The number of nitrogens with zero attached hydrogens (tertiary/aromatic N) is 3. The van der Waals surface area contributed by atoms with Crippen molar-refractivity contribution in [3.63, 3.8) is 0 Å². The Balaban J connectivity index is 1.59. The first-order valence-electron chi connectivity index (χ1n) is 8.77. The number of pyridine rings is 1. The van der Waals surface area contributed by atoms with Crippen molar-refractivity contribution in [2.45, 2.75) is 26.4 Å². The molecule has 138 valence electrons. The van der Waals surface area contributed by atoms with Gasteiger partial charge < -0.3 is 14.5 Å². The molecule has 2 aromatic rings. The number of benzene rings is 1. The topological polar surface area (TPSA) is 45.7 Å². The fourth-order valence-electron chi connectivity index (χ4n) is 2.88. The molecule has 26 heavy (non-hydrogen) atoms. The van der Waals surface area contributed by atoms with E-state index in [1.807, 2.05) is 45.0 Å². The second kappa shape index (κ2) is 7.32. The molecule has 1 aliphatic rings. The number of piperazine rings is 1. The minimum atomic E-state index is -0.478. The molecule has 1 fully saturated rings. The van der Waals surface area contributed by atoms with Crippen molar-refractivity contribution in [2.24, 2.45) is 0 Å². The first-order chi connectivity index (χ1) is 12.3. The molecule has 0 spiro atoms. The fourth-order valence-corrected chi connectivity index (χ4v) is 2.88. The lowest BCUT2D eigenvalue weighted by molar-refractivity contribution is 0.0240. The van der Waals surface area contributed by atoms with Gasteiger partial charge in [-0.15, -0.1) is 0 Å². The third-order valence-electron chi connectivity index (χ3n) is 4.22. The van der Waals surface area contributed by atoms with Gasteiger partial charge in [-0.25, -0.2) is 9.78 Å². The van der Waals surface area contributed by atoms with Crippen LogP contribution in [0.25, 0.3) is 11.1 Å². The van der Waals surface area contributed by atoms with Gasteiger partial charge in [0.15, 0.2) is 0 Å². The summed E-state index contributed by atoms with van der Waals surface area (Å²) in [6, 6.07) is 11.2. The van der Waals surface area contributed by atoms with Crippen LogP contribution < -0.4 is 4.90 Å². The lowest BCUT2D eigenvalue weighted by Gasteiger charge is -2.36. The summed E-state index contributed by atoms with van der Waals surface area (Å²) in [4.78, 5) is 19.8. The average Bonchev–Trinajstić information content (AvgIpc) is 2.61. The van der Waals surface area contributed by atoms with Gasteiger partial charge in [-0.05, 0) is 50.6 Å². The Hall–Kier alpha value is -2.63. The summed E-state index contributed by atoms with van der Waals surface area (Å²) in [5.74, 6) is -0.478. The molecular weight excluding hydrogens is 333 g/mol. The minimum Gasteiger partial charge on any atom is -0.444 e. The number of hydrogen-bond donors (Lipinski definition) is 0. The molecular formula is C20H24FN3O2. The number of aromatic nitrogens is 1. The predicted molar refractivity (Wildman–Crippen MR) is 99.7 cm³/mol. The predicted octanol–water partition coefficient (Wildman–Crippen LogP) is 3.94. The first-order valence-corrected chi connectivity index (χ1v) is 8.77. The molecule has 1 amide bonds. The molecule has 0 bridgehead atoms. The van der Waals surface area contributed by atoms with Gasteiger partial charge in [0.2, 0.25) is 5.95 Å². The molecule has 5 nitrogen and oxygen atoms in total. The van der Waals surface area contributed by atoms with Crippen molar-refractivity contribution in [1.82, 2.24) is 9.88 Å². The van der Waals surface area contributed by atoms with E-state index in [4.69, 9.17) is 4.74 Å². The van der Waals surface area contributed by atoms with E-state index >= 15 is 0 Å². The summed E-state index contributed by atoms with van der Waals surface area (Å²) in [5, 5.41) is 0. The summed E-state index contributed by atoms with van der Waals surface area (Å²) >= 11 is 0. The maximum Gasteiger partial charge on any atom is 0.410 e. The molecule has 0 aliphatic carbocycles. The fraction of sp³-hybridized carbons (Fsp3) is 0.400. The Morgan fingerprint density at radius 2 is 1.62 bits per heavy atom. The van der Waals surface area contributed by atoms with Gasteiger partial charge in [0, 0.05) is 43.6 Å². The number of carbonyl (C=O) groups is 1. The maximum absolute atomic E-state index is 12.9. The van der Waals surface area contributed by atoms with Gasteiger partial charge in [-0.1, -0.05) is 12.1 Å². The van der Waals surface area contributed by atoms with Crippen molar-refractivity contribution >= 4 is 11.8 Å². The second-order valence-electron chi connectivity index (χ2n) is 7.37. The van der Waals surface area contributed by atoms with Crippen molar-refractivity contribution in [2.75, 3.05) is 31.1 Å². The minimum absolute atomic E-state index is 0.253. The van der Waals surface area contributed by atoms with Crippen LogP contribution in [-0.4, -0.2) is 47.8 Å². The van der Waals surface area contributed by atoms with Crippen LogP contribution in [0, 0.1) is 5.95 Å². The zero-order valence-corrected chi connectivity index (χ0v) is 15.4. The van der Waals surface area contributed by atoms with Crippen molar-refractivity contribution in [1.29, 1.82) is 0 Å². The zero-order chi connectivity index (χ0) is 18.7. The average molecular weight is 357 g/mol. The van der Waals surface area contributed by atoms with E-state index in [1.54, 1.807) is 11.0 Å². The third-order valence-corrected chi connectivity index (χ3v) is 4.22. The molecule has 0 atom stereocenters. The Morgan fingerprint density at radius 3 is 2.15 bits per heavy atom. The van der Waals surface area contributed by atoms with E-state index in [9.17, 15) is 9.18 Å². The van der Waals surface area contributed by atoms with Gasteiger partial charge in [-0.2, -0.15) is 4.39 Å². The Bertz CT molecular complexity index is 746. The van der Waals surface area contributed by atoms with Crippen molar-refractivity contribution < 1.29 is 13.9 Å². The van der Waals surface area contributed by atoms with Crippen LogP contribution in [0.1, 0.15) is 20.8 Å². The van der Waals surface area contributed by atoms with Crippen LogP contribution in [-0.2, 0) is 4.74 Å². The van der Waals surface area contributed by atoms with E-state index < -0.39 is 11.5 Å². The van der Waals surface area contributed by atoms with Crippen LogP contribution in [0.4, 0.5) is 14.9 Å². The molecule has 0 N–H and O–H groups in total. The molecule has 0 radical (unpaired) electrons.